The second-order valence-electron chi connectivity index (χ2n) is 6.10. The Kier molecular flexibility index (Phi) is 7.76. The molecule has 0 aliphatic heterocycles. The van der Waals surface area contributed by atoms with Crippen molar-refractivity contribution in [3.05, 3.63) is 0 Å². The lowest BCUT2D eigenvalue weighted by Gasteiger charge is -2.33. The molecule has 1 fully saturated rings. The first-order valence-corrected chi connectivity index (χ1v) is 8.30. The monoisotopic (exact) mass is 298 g/mol. The fourth-order valence-electron chi connectivity index (χ4n) is 3.62. The summed E-state index contributed by atoms with van der Waals surface area (Å²) in [6, 6.07) is 0. The summed E-state index contributed by atoms with van der Waals surface area (Å²) >= 11 is 0. The molecule has 1 aliphatic rings. The third-order valence-corrected chi connectivity index (χ3v) is 4.83. The van der Waals surface area contributed by atoms with E-state index in [4.69, 9.17) is 9.47 Å². The van der Waals surface area contributed by atoms with Crippen LogP contribution < -0.4 is 0 Å². The number of carbonyl (C=O) groups is 2. The maximum absolute atomic E-state index is 12.4. The summed E-state index contributed by atoms with van der Waals surface area (Å²) in [6.07, 6.45) is 10.0. The van der Waals surface area contributed by atoms with Crippen LogP contribution in [0.2, 0.25) is 0 Å². The van der Waals surface area contributed by atoms with Crippen LogP contribution in [0.25, 0.3) is 0 Å². The van der Waals surface area contributed by atoms with Gasteiger partial charge in [0, 0.05) is 0 Å². The number of rotatable bonds is 9. The zero-order valence-corrected chi connectivity index (χ0v) is 13.8. The first-order chi connectivity index (χ1) is 10.1. The van der Waals surface area contributed by atoms with Gasteiger partial charge >= 0.3 is 11.9 Å². The lowest BCUT2D eigenvalue weighted by atomic mass is 9.70. The Balaban J connectivity index is 2.83. The van der Waals surface area contributed by atoms with Crippen LogP contribution in [0.1, 0.15) is 71.1 Å². The van der Waals surface area contributed by atoms with Crippen molar-refractivity contribution in [1.29, 1.82) is 0 Å². The van der Waals surface area contributed by atoms with Crippen LogP contribution in [0.5, 0.6) is 0 Å². The van der Waals surface area contributed by atoms with E-state index < -0.39 is 17.4 Å². The Morgan fingerprint density at radius 2 is 1.48 bits per heavy atom. The Morgan fingerprint density at radius 1 is 0.952 bits per heavy atom. The molecule has 4 heteroatoms. The zero-order valence-electron chi connectivity index (χ0n) is 13.8. The van der Waals surface area contributed by atoms with Crippen LogP contribution in [0, 0.1) is 11.3 Å². The number of hydrogen-bond donors (Lipinski definition) is 0. The minimum Gasteiger partial charge on any atom is -0.468 e. The second-order valence-corrected chi connectivity index (χ2v) is 6.10. The van der Waals surface area contributed by atoms with Gasteiger partial charge in [-0.1, -0.05) is 51.9 Å². The number of unbranched alkanes of at least 4 members (excludes halogenated alkanes) is 4. The molecule has 0 saturated heterocycles. The van der Waals surface area contributed by atoms with Crippen molar-refractivity contribution in [2.24, 2.45) is 11.3 Å². The predicted octanol–water partition coefficient (Wildman–Crippen LogP) is 3.87. The van der Waals surface area contributed by atoms with Gasteiger partial charge in [0.25, 0.3) is 0 Å². The van der Waals surface area contributed by atoms with Crippen LogP contribution in [-0.4, -0.2) is 26.2 Å². The van der Waals surface area contributed by atoms with Gasteiger partial charge in [-0.25, -0.2) is 0 Å². The molecular formula is C17H30O4. The van der Waals surface area contributed by atoms with E-state index in [1.807, 2.05) is 0 Å². The van der Waals surface area contributed by atoms with Crippen LogP contribution in [0.3, 0.4) is 0 Å². The average Bonchev–Trinajstić information content (AvgIpc) is 3.04. The Morgan fingerprint density at radius 3 is 1.95 bits per heavy atom. The van der Waals surface area contributed by atoms with E-state index in [-0.39, 0.29) is 5.92 Å². The predicted molar refractivity (Wildman–Crippen MR) is 81.8 cm³/mol. The van der Waals surface area contributed by atoms with Crippen molar-refractivity contribution in [2.45, 2.75) is 71.1 Å². The van der Waals surface area contributed by atoms with E-state index in [2.05, 4.69) is 6.92 Å². The number of methoxy groups -OCH3 is 2. The summed E-state index contributed by atoms with van der Waals surface area (Å²) in [7, 11) is 2.73. The number of esters is 2. The molecular weight excluding hydrogens is 268 g/mol. The Labute approximate surface area is 128 Å². The maximum Gasteiger partial charge on any atom is 0.323 e. The van der Waals surface area contributed by atoms with E-state index in [0.29, 0.717) is 6.42 Å². The van der Waals surface area contributed by atoms with Gasteiger partial charge in [-0.15, -0.1) is 0 Å². The third-order valence-electron chi connectivity index (χ3n) is 4.83. The molecule has 0 spiro atoms. The molecule has 0 unspecified atom stereocenters. The average molecular weight is 298 g/mol. The fourth-order valence-corrected chi connectivity index (χ4v) is 3.62. The highest BCUT2D eigenvalue weighted by Gasteiger charge is 2.54. The summed E-state index contributed by atoms with van der Waals surface area (Å²) in [5, 5.41) is 0. The van der Waals surface area contributed by atoms with Gasteiger partial charge in [0.2, 0.25) is 0 Å². The molecule has 4 nitrogen and oxygen atoms in total. The van der Waals surface area contributed by atoms with Crippen molar-refractivity contribution >= 4 is 11.9 Å². The minimum absolute atomic E-state index is 0.0728. The largest absolute Gasteiger partial charge is 0.468 e. The molecule has 122 valence electrons. The highest BCUT2D eigenvalue weighted by molar-refractivity contribution is 6.00. The lowest BCUT2D eigenvalue weighted by molar-refractivity contribution is -0.174. The van der Waals surface area contributed by atoms with E-state index in [1.165, 1.54) is 27.1 Å². The fraction of sp³-hybridized carbons (Fsp3) is 0.882. The van der Waals surface area contributed by atoms with E-state index in [0.717, 1.165) is 44.9 Å². The molecule has 1 aliphatic carbocycles. The Hall–Kier alpha value is -1.06. The van der Waals surface area contributed by atoms with Crippen LogP contribution >= 0.6 is 0 Å². The van der Waals surface area contributed by atoms with Gasteiger partial charge in [-0.3, -0.25) is 9.59 Å². The van der Waals surface area contributed by atoms with Crippen LogP contribution in [-0.2, 0) is 19.1 Å². The van der Waals surface area contributed by atoms with Crippen molar-refractivity contribution < 1.29 is 19.1 Å². The van der Waals surface area contributed by atoms with E-state index in [1.54, 1.807) is 0 Å². The lowest BCUT2D eigenvalue weighted by Crippen LogP contribution is -2.46. The third kappa shape index (κ3) is 4.21. The standard InChI is InChI=1S/C17H30O4/c1-4-5-6-7-10-13-17(15(18)20-2,16(19)21-3)14-11-8-9-12-14/h14H,4-13H2,1-3H3. The molecule has 0 aromatic heterocycles. The molecule has 0 bridgehead atoms. The summed E-state index contributed by atoms with van der Waals surface area (Å²) < 4.78 is 9.98. The van der Waals surface area contributed by atoms with Crippen molar-refractivity contribution in [1.82, 2.24) is 0 Å². The quantitative estimate of drug-likeness (QED) is 0.368. The number of ether oxygens (including phenoxy) is 2. The SMILES string of the molecule is CCCCCCCC(C(=O)OC)(C(=O)OC)C1CCCC1. The van der Waals surface area contributed by atoms with E-state index in [9.17, 15) is 9.59 Å². The minimum atomic E-state index is -1.08. The summed E-state index contributed by atoms with van der Waals surface area (Å²) in [6.45, 7) is 2.17. The number of hydrogen-bond acceptors (Lipinski definition) is 4. The van der Waals surface area contributed by atoms with Gasteiger partial charge < -0.3 is 9.47 Å². The smallest absolute Gasteiger partial charge is 0.323 e. The van der Waals surface area contributed by atoms with Crippen molar-refractivity contribution in [3.8, 4) is 0 Å². The molecule has 0 atom stereocenters. The van der Waals surface area contributed by atoms with Gasteiger partial charge in [0.15, 0.2) is 5.41 Å². The molecule has 0 aromatic rings. The molecule has 1 rings (SSSR count). The summed E-state index contributed by atoms with van der Waals surface area (Å²) in [5.41, 5.74) is -1.08. The maximum atomic E-state index is 12.4. The molecule has 0 N–H and O–H groups in total. The first-order valence-electron chi connectivity index (χ1n) is 8.30. The highest BCUT2D eigenvalue weighted by Crippen LogP contribution is 2.45. The van der Waals surface area contributed by atoms with Gasteiger partial charge in [-0.05, 0) is 25.2 Å². The van der Waals surface area contributed by atoms with Crippen LogP contribution in [0.15, 0.2) is 0 Å². The normalized spacial score (nSPS) is 16.0. The van der Waals surface area contributed by atoms with Gasteiger partial charge in [0.05, 0.1) is 14.2 Å². The second kappa shape index (κ2) is 9.06. The van der Waals surface area contributed by atoms with Crippen molar-refractivity contribution in [2.75, 3.05) is 14.2 Å². The van der Waals surface area contributed by atoms with Crippen molar-refractivity contribution in [3.63, 3.8) is 0 Å². The number of carbonyl (C=O) groups excluding carboxylic acids is 2. The first kappa shape index (κ1) is 18.0. The molecule has 0 heterocycles. The summed E-state index contributed by atoms with van der Waals surface area (Å²) in [5.74, 6) is -0.739. The van der Waals surface area contributed by atoms with Crippen LogP contribution in [0.4, 0.5) is 0 Å². The summed E-state index contributed by atoms with van der Waals surface area (Å²) in [4.78, 5) is 24.8. The topological polar surface area (TPSA) is 52.6 Å². The van der Waals surface area contributed by atoms with Gasteiger partial charge in [-0.2, -0.15) is 0 Å². The molecule has 0 amide bonds. The zero-order chi connectivity index (χ0) is 15.7. The molecule has 1 saturated carbocycles. The Bertz CT molecular complexity index is 316. The molecule has 21 heavy (non-hydrogen) atoms. The molecule has 0 radical (unpaired) electrons. The molecule has 0 aromatic carbocycles. The van der Waals surface area contributed by atoms with Gasteiger partial charge in [0.1, 0.15) is 0 Å². The van der Waals surface area contributed by atoms with E-state index >= 15 is 0 Å². The highest BCUT2D eigenvalue weighted by atomic mass is 16.5.